The number of methoxy groups -OCH3 is 2. The SMILES string of the molecule is COc1ccc(NS(=O)(=O)c2ccc3c(c2)N(CC(=O)O)C(=O)CO3)c(OC)c1. The predicted molar refractivity (Wildman–Crippen MR) is 102 cm³/mol. The molecule has 29 heavy (non-hydrogen) atoms. The normalized spacial score (nSPS) is 13.3. The average molecular weight is 422 g/mol. The molecule has 0 unspecified atom stereocenters. The first-order valence-electron chi connectivity index (χ1n) is 8.29. The van der Waals surface area contributed by atoms with Crippen molar-refractivity contribution >= 4 is 33.3 Å². The molecule has 0 saturated carbocycles. The van der Waals surface area contributed by atoms with Gasteiger partial charge in [0.25, 0.3) is 15.9 Å². The van der Waals surface area contributed by atoms with Crippen LogP contribution in [0.4, 0.5) is 11.4 Å². The summed E-state index contributed by atoms with van der Waals surface area (Å²) in [5.41, 5.74) is 0.244. The quantitative estimate of drug-likeness (QED) is 0.683. The first-order chi connectivity index (χ1) is 13.7. The van der Waals surface area contributed by atoms with Crippen LogP contribution in [-0.2, 0) is 19.6 Å². The summed E-state index contributed by atoms with van der Waals surface area (Å²) in [6.45, 7) is -0.938. The lowest BCUT2D eigenvalue weighted by atomic mass is 10.2. The maximum absolute atomic E-state index is 12.9. The Bertz CT molecular complexity index is 1070. The molecule has 2 aromatic rings. The van der Waals surface area contributed by atoms with Crippen molar-refractivity contribution in [2.75, 3.05) is 37.0 Å². The van der Waals surface area contributed by atoms with Gasteiger partial charge in [0.05, 0.1) is 30.5 Å². The molecule has 1 aliphatic rings. The van der Waals surface area contributed by atoms with E-state index >= 15 is 0 Å². The fraction of sp³-hybridized carbons (Fsp3) is 0.222. The van der Waals surface area contributed by atoms with E-state index in [1.807, 2.05) is 0 Å². The van der Waals surface area contributed by atoms with Gasteiger partial charge in [0.15, 0.2) is 6.61 Å². The summed E-state index contributed by atoms with van der Waals surface area (Å²) in [6.07, 6.45) is 0. The predicted octanol–water partition coefficient (Wildman–Crippen LogP) is 1.31. The second-order valence-corrected chi connectivity index (χ2v) is 7.65. The number of aliphatic carboxylic acids is 1. The third-order valence-corrected chi connectivity index (χ3v) is 5.49. The highest BCUT2D eigenvalue weighted by atomic mass is 32.2. The number of nitrogens with zero attached hydrogens (tertiary/aromatic N) is 1. The minimum atomic E-state index is -4.08. The van der Waals surface area contributed by atoms with Crippen LogP contribution in [0.5, 0.6) is 17.2 Å². The Morgan fingerprint density at radius 1 is 1.21 bits per heavy atom. The van der Waals surface area contributed by atoms with E-state index < -0.39 is 28.4 Å². The molecule has 154 valence electrons. The number of benzene rings is 2. The number of anilines is 2. The zero-order valence-electron chi connectivity index (χ0n) is 15.5. The first-order valence-corrected chi connectivity index (χ1v) is 9.77. The molecule has 1 aliphatic heterocycles. The Morgan fingerprint density at radius 3 is 2.62 bits per heavy atom. The van der Waals surface area contributed by atoms with Crippen LogP contribution in [0.15, 0.2) is 41.3 Å². The fourth-order valence-corrected chi connectivity index (χ4v) is 3.83. The summed E-state index contributed by atoms with van der Waals surface area (Å²) in [7, 11) is -1.22. The molecule has 0 fully saturated rings. The average Bonchev–Trinajstić information content (AvgIpc) is 2.69. The van der Waals surface area contributed by atoms with Crippen LogP contribution < -0.4 is 23.8 Å². The highest BCUT2D eigenvalue weighted by Gasteiger charge is 2.29. The summed E-state index contributed by atoms with van der Waals surface area (Å²) in [5, 5.41) is 9.04. The van der Waals surface area contributed by atoms with E-state index in [0.717, 1.165) is 4.90 Å². The summed E-state index contributed by atoms with van der Waals surface area (Å²) >= 11 is 0. The molecule has 0 bridgehead atoms. The smallest absolute Gasteiger partial charge is 0.323 e. The maximum atomic E-state index is 12.9. The number of sulfonamides is 1. The number of hydrogen-bond donors (Lipinski definition) is 2. The monoisotopic (exact) mass is 422 g/mol. The van der Waals surface area contributed by atoms with Gasteiger partial charge in [-0.1, -0.05) is 0 Å². The van der Waals surface area contributed by atoms with Crippen LogP contribution in [0.1, 0.15) is 0 Å². The number of ether oxygens (including phenoxy) is 3. The topological polar surface area (TPSA) is 131 Å². The first kappa shape index (κ1) is 20.3. The molecule has 2 aromatic carbocycles. The second kappa shape index (κ2) is 7.87. The number of carboxylic acids is 1. The number of carbonyl (C=O) groups excluding carboxylic acids is 1. The standard InChI is InChI=1S/C18H18N2O8S/c1-26-11-3-5-13(16(7-11)27-2)19-29(24,25)12-4-6-15-14(8-12)20(9-18(22)23)17(21)10-28-15/h3-8,19H,9-10H2,1-2H3,(H,22,23). The van der Waals surface area contributed by atoms with Gasteiger partial charge in [-0.05, 0) is 30.3 Å². The van der Waals surface area contributed by atoms with Crippen molar-refractivity contribution in [2.45, 2.75) is 4.90 Å². The van der Waals surface area contributed by atoms with Crippen molar-refractivity contribution in [2.24, 2.45) is 0 Å². The fourth-order valence-electron chi connectivity index (χ4n) is 2.74. The summed E-state index contributed by atoms with van der Waals surface area (Å²) in [5.74, 6) is -0.873. The Labute approximate surface area is 166 Å². The molecule has 1 heterocycles. The molecule has 11 heteroatoms. The minimum absolute atomic E-state index is 0.0632. The zero-order chi connectivity index (χ0) is 21.2. The van der Waals surface area contributed by atoms with Gasteiger partial charge in [-0.2, -0.15) is 0 Å². The minimum Gasteiger partial charge on any atom is -0.497 e. The van der Waals surface area contributed by atoms with E-state index in [2.05, 4.69) is 4.72 Å². The van der Waals surface area contributed by atoms with Gasteiger partial charge in [-0.3, -0.25) is 19.2 Å². The van der Waals surface area contributed by atoms with Gasteiger partial charge < -0.3 is 19.3 Å². The number of carbonyl (C=O) groups is 2. The largest absolute Gasteiger partial charge is 0.497 e. The van der Waals surface area contributed by atoms with Crippen molar-refractivity contribution in [1.82, 2.24) is 0 Å². The van der Waals surface area contributed by atoms with Crippen molar-refractivity contribution in [3.05, 3.63) is 36.4 Å². The Hall–Kier alpha value is -3.47. The van der Waals surface area contributed by atoms with Gasteiger partial charge in [0, 0.05) is 6.07 Å². The molecule has 2 N–H and O–H groups in total. The lowest BCUT2D eigenvalue weighted by Crippen LogP contribution is -2.42. The molecule has 3 rings (SSSR count). The molecule has 0 radical (unpaired) electrons. The number of rotatable bonds is 7. The van der Waals surface area contributed by atoms with E-state index in [1.54, 1.807) is 6.07 Å². The van der Waals surface area contributed by atoms with Gasteiger partial charge in [-0.15, -0.1) is 0 Å². The maximum Gasteiger partial charge on any atom is 0.323 e. The highest BCUT2D eigenvalue weighted by Crippen LogP contribution is 2.36. The zero-order valence-corrected chi connectivity index (χ0v) is 16.4. The second-order valence-electron chi connectivity index (χ2n) is 5.96. The third-order valence-electron chi connectivity index (χ3n) is 4.13. The molecular formula is C18H18N2O8S. The summed E-state index contributed by atoms with van der Waals surface area (Å²) < 4.78 is 43.7. The summed E-state index contributed by atoms with van der Waals surface area (Å²) in [6, 6.07) is 8.42. The van der Waals surface area contributed by atoms with Crippen LogP contribution in [0.3, 0.4) is 0 Å². The number of nitrogens with one attached hydrogen (secondary N) is 1. The lowest BCUT2D eigenvalue weighted by molar-refractivity contribution is -0.137. The molecule has 1 amide bonds. The molecule has 0 aromatic heterocycles. The Morgan fingerprint density at radius 2 is 1.97 bits per heavy atom. The van der Waals surface area contributed by atoms with E-state index in [9.17, 15) is 18.0 Å². The molecular weight excluding hydrogens is 404 g/mol. The number of hydrogen-bond acceptors (Lipinski definition) is 7. The Balaban J connectivity index is 1.97. The van der Waals surface area contributed by atoms with E-state index in [1.165, 1.54) is 44.6 Å². The molecule has 10 nitrogen and oxygen atoms in total. The number of fused-ring (bicyclic) bond motifs is 1. The highest BCUT2D eigenvalue weighted by molar-refractivity contribution is 7.92. The van der Waals surface area contributed by atoms with Gasteiger partial charge in [-0.25, -0.2) is 8.42 Å². The van der Waals surface area contributed by atoms with Crippen LogP contribution in [0.2, 0.25) is 0 Å². The van der Waals surface area contributed by atoms with Gasteiger partial charge in [0.1, 0.15) is 23.8 Å². The molecule has 0 spiro atoms. The van der Waals surface area contributed by atoms with Crippen LogP contribution in [-0.4, -0.2) is 52.8 Å². The van der Waals surface area contributed by atoms with Gasteiger partial charge in [0.2, 0.25) is 0 Å². The number of carboxylic acid groups (broad SMARTS) is 1. The third kappa shape index (κ3) is 4.19. The van der Waals surface area contributed by atoms with Crippen molar-refractivity contribution < 1.29 is 37.3 Å². The van der Waals surface area contributed by atoms with Gasteiger partial charge >= 0.3 is 5.97 Å². The van der Waals surface area contributed by atoms with Crippen LogP contribution in [0.25, 0.3) is 0 Å². The Kier molecular flexibility index (Phi) is 5.50. The lowest BCUT2D eigenvalue weighted by Gasteiger charge is -2.28. The van der Waals surface area contributed by atoms with Crippen LogP contribution in [0, 0.1) is 0 Å². The van der Waals surface area contributed by atoms with Crippen molar-refractivity contribution in [1.29, 1.82) is 0 Å². The molecule has 0 aliphatic carbocycles. The molecule has 0 saturated heterocycles. The number of amides is 1. The molecule has 0 atom stereocenters. The van der Waals surface area contributed by atoms with Crippen LogP contribution >= 0.6 is 0 Å². The van der Waals surface area contributed by atoms with Crippen molar-refractivity contribution in [3.8, 4) is 17.2 Å². The van der Waals surface area contributed by atoms with Crippen molar-refractivity contribution in [3.63, 3.8) is 0 Å². The van der Waals surface area contributed by atoms with E-state index in [0.29, 0.717) is 5.75 Å². The van der Waals surface area contributed by atoms with E-state index in [4.69, 9.17) is 19.3 Å². The van der Waals surface area contributed by atoms with E-state index in [-0.39, 0.29) is 34.4 Å². The summed E-state index contributed by atoms with van der Waals surface area (Å²) in [4.78, 5) is 23.9.